The van der Waals surface area contributed by atoms with Crippen LogP contribution in [0, 0.1) is 11.2 Å². The molecule has 3 N–H and O–H groups in total. The molecule has 2 amide bonds. The molecule has 3 aliphatic rings. The number of alkyl halides is 1. The standard InChI is InChI=1S/C36H45F2N7O2/c1-21-27-12-11-22-17-31(44(32(22)41-27)16-7-5-4-6-14-36(2,3)35(47)40-21)33-42-28-18-24(34(46)43-29-20-39-15-13-25(29)37)26(38)19-30(28)45(33)23-9-8-10-23/h11-12,17-19,21,23,25,29,39H,4-10,13-16,20H2,1-3H3,(H,40,47)(H,43,46)/t21-,25+,29+/m1/s1. The Balaban J connectivity index is 1.31. The average molecular weight is 646 g/mol. The summed E-state index contributed by atoms with van der Waals surface area (Å²) in [5, 5.41) is 9.94. The van der Waals surface area contributed by atoms with E-state index in [0.29, 0.717) is 30.5 Å². The molecule has 3 aromatic heterocycles. The summed E-state index contributed by atoms with van der Waals surface area (Å²) in [5.74, 6) is -0.516. The second kappa shape index (κ2) is 12.6. The predicted octanol–water partition coefficient (Wildman–Crippen LogP) is 6.51. The highest BCUT2D eigenvalue weighted by Gasteiger charge is 2.32. The van der Waals surface area contributed by atoms with Crippen LogP contribution >= 0.6 is 0 Å². The zero-order valence-corrected chi connectivity index (χ0v) is 27.5. The van der Waals surface area contributed by atoms with Crippen LogP contribution in [0.15, 0.2) is 30.3 Å². The Hall–Kier alpha value is -3.86. The molecule has 1 aliphatic carbocycles. The van der Waals surface area contributed by atoms with Crippen molar-refractivity contribution in [2.45, 2.75) is 109 Å². The summed E-state index contributed by atoms with van der Waals surface area (Å²) in [5.41, 5.74) is 3.12. The van der Waals surface area contributed by atoms with Crippen molar-refractivity contribution < 1.29 is 18.4 Å². The Morgan fingerprint density at radius 1 is 1.04 bits per heavy atom. The van der Waals surface area contributed by atoms with E-state index >= 15 is 4.39 Å². The molecule has 3 atom stereocenters. The van der Waals surface area contributed by atoms with Crippen molar-refractivity contribution >= 4 is 33.9 Å². The van der Waals surface area contributed by atoms with Gasteiger partial charge >= 0.3 is 0 Å². The van der Waals surface area contributed by atoms with Crippen LogP contribution in [0.5, 0.6) is 0 Å². The topological polar surface area (TPSA) is 106 Å². The molecule has 0 spiro atoms. The van der Waals surface area contributed by atoms with Crippen LogP contribution in [0.3, 0.4) is 0 Å². The van der Waals surface area contributed by atoms with Gasteiger partial charge in [-0.15, -0.1) is 0 Å². The fourth-order valence-corrected chi connectivity index (χ4v) is 7.26. The molecule has 2 fully saturated rings. The van der Waals surface area contributed by atoms with Crippen molar-refractivity contribution in [2.24, 2.45) is 5.41 Å². The predicted molar refractivity (Wildman–Crippen MR) is 178 cm³/mol. The second-order valence-corrected chi connectivity index (χ2v) is 14.4. The Kier molecular flexibility index (Phi) is 8.53. The number of carbonyl (C=O) groups is 2. The van der Waals surface area contributed by atoms with Crippen LogP contribution < -0.4 is 16.0 Å². The number of aromatic nitrogens is 4. The van der Waals surface area contributed by atoms with E-state index in [2.05, 4.69) is 31.2 Å². The van der Waals surface area contributed by atoms with Crippen LogP contribution in [0.2, 0.25) is 0 Å². The molecule has 0 unspecified atom stereocenters. The van der Waals surface area contributed by atoms with Crippen molar-refractivity contribution in [3.05, 3.63) is 47.4 Å². The Morgan fingerprint density at radius 3 is 2.62 bits per heavy atom. The monoisotopic (exact) mass is 645 g/mol. The first-order chi connectivity index (χ1) is 22.6. The number of piperidine rings is 1. The van der Waals surface area contributed by atoms with E-state index in [9.17, 15) is 14.0 Å². The number of hydrogen-bond acceptors (Lipinski definition) is 5. The molecule has 47 heavy (non-hydrogen) atoms. The molecule has 1 saturated carbocycles. The van der Waals surface area contributed by atoms with Gasteiger partial charge in [-0.05, 0) is 76.3 Å². The number of benzene rings is 1. The number of halogens is 2. The van der Waals surface area contributed by atoms with Gasteiger partial charge in [-0.3, -0.25) is 9.59 Å². The van der Waals surface area contributed by atoms with Gasteiger partial charge in [0.05, 0.1) is 40.1 Å². The third kappa shape index (κ3) is 6.03. The molecule has 9 nitrogen and oxygen atoms in total. The Labute approximate surface area is 273 Å². The summed E-state index contributed by atoms with van der Waals surface area (Å²) in [6.45, 7) is 7.60. The van der Waals surface area contributed by atoms with Gasteiger partial charge in [-0.1, -0.05) is 33.1 Å². The highest BCUT2D eigenvalue weighted by Crippen LogP contribution is 2.40. The first kappa shape index (κ1) is 31.7. The maximum absolute atomic E-state index is 15.7. The van der Waals surface area contributed by atoms with Gasteiger partial charge in [0.25, 0.3) is 5.91 Å². The molecule has 4 aromatic rings. The lowest BCUT2D eigenvalue weighted by molar-refractivity contribution is -0.130. The SMILES string of the molecule is C[C@H]1NC(=O)C(C)(C)CCCCCCn2c(-c3nc4cc(C(=O)N[C@H]5CNCC[C@@H]5F)c(F)cc4n3C3CCC3)cc3ccc1nc32. The van der Waals surface area contributed by atoms with Gasteiger partial charge in [0.1, 0.15) is 17.6 Å². The molecular weight excluding hydrogens is 600 g/mol. The molecule has 11 heteroatoms. The lowest BCUT2D eigenvalue weighted by Crippen LogP contribution is -2.52. The Morgan fingerprint density at radius 2 is 1.85 bits per heavy atom. The number of imidazole rings is 1. The molecule has 250 valence electrons. The zero-order valence-electron chi connectivity index (χ0n) is 27.5. The first-order valence-electron chi connectivity index (χ1n) is 17.3. The van der Waals surface area contributed by atoms with Crippen LogP contribution in [-0.4, -0.2) is 56.2 Å². The summed E-state index contributed by atoms with van der Waals surface area (Å²) in [6.07, 6.45) is 6.94. The highest BCUT2D eigenvalue weighted by molar-refractivity contribution is 5.98. The number of pyridine rings is 1. The minimum absolute atomic E-state index is 0.0365. The number of carbonyl (C=O) groups excluding carboxylic acids is 2. The van der Waals surface area contributed by atoms with Crippen LogP contribution in [0.25, 0.3) is 33.6 Å². The van der Waals surface area contributed by atoms with E-state index in [0.717, 1.165) is 86.2 Å². The molecule has 0 radical (unpaired) electrons. The lowest BCUT2D eigenvalue weighted by Gasteiger charge is -2.29. The summed E-state index contributed by atoms with van der Waals surface area (Å²) in [7, 11) is 0. The van der Waals surface area contributed by atoms with Crippen LogP contribution in [0.1, 0.15) is 107 Å². The van der Waals surface area contributed by atoms with E-state index in [4.69, 9.17) is 9.97 Å². The largest absolute Gasteiger partial charge is 0.348 e. The third-order valence-corrected chi connectivity index (χ3v) is 10.5. The minimum atomic E-state index is -1.18. The van der Waals surface area contributed by atoms with E-state index in [1.54, 1.807) is 0 Å². The van der Waals surface area contributed by atoms with Crippen molar-refractivity contribution in [1.29, 1.82) is 0 Å². The van der Waals surface area contributed by atoms with Crippen molar-refractivity contribution in [1.82, 2.24) is 35.1 Å². The maximum atomic E-state index is 15.7. The maximum Gasteiger partial charge on any atom is 0.254 e. The number of amides is 2. The highest BCUT2D eigenvalue weighted by atomic mass is 19.1. The zero-order chi connectivity index (χ0) is 32.9. The summed E-state index contributed by atoms with van der Waals surface area (Å²) < 4.78 is 34.5. The first-order valence-corrected chi connectivity index (χ1v) is 17.3. The van der Waals surface area contributed by atoms with E-state index in [1.165, 1.54) is 12.1 Å². The molecular formula is C36H45F2N7O2. The van der Waals surface area contributed by atoms with Crippen molar-refractivity contribution in [3.63, 3.8) is 0 Å². The van der Waals surface area contributed by atoms with Gasteiger partial charge < -0.3 is 25.1 Å². The van der Waals surface area contributed by atoms with Gasteiger partial charge in [0.2, 0.25) is 5.91 Å². The molecule has 7 rings (SSSR count). The number of fused-ring (bicyclic) bond motifs is 2. The smallest absolute Gasteiger partial charge is 0.254 e. The normalized spacial score (nSPS) is 24.2. The summed E-state index contributed by atoms with van der Waals surface area (Å²) in [4.78, 5) is 36.5. The fraction of sp³-hybridized carbons (Fsp3) is 0.556. The molecule has 1 aromatic carbocycles. The fourth-order valence-electron chi connectivity index (χ4n) is 7.26. The van der Waals surface area contributed by atoms with Gasteiger partial charge in [-0.25, -0.2) is 18.7 Å². The van der Waals surface area contributed by atoms with Crippen molar-refractivity contribution in [2.75, 3.05) is 13.1 Å². The number of hydrogen-bond donors (Lipinski definition) is 3. The lowest BCUT2D eigenvalue weighted by atomic mass is 9.85. The quantitative estimate of drug-likeness (QED) is 0.235. The number of rotatable bonds is 4. The van der Waals surface area contributed by atoms with Crippen LogP contribution in [0.4, 0.5) is 8.78 Å². The van der Waals surface area contributed by atoms with Gasteiger partial charge in [-0.2, -0.15) is 0 Å². The van der Waals surface area contributed by atoms with E-state index in [-0.39, 0.29) is 23.6 Å². The Bertz CT molecular complexity index is 1820. The molecule has 2 bridgehead atoms. The van der Waals surface area contributed by atoms with Gasteiger partial charge in [0, 0.05) is 36.0 Å². The van der Waals surface area contributed by atoms with Crippen molar-refractivity contribution in [3.8, 4) is 11.5 Å². The summed E-state index contributed by atoms with van der Waals surface area (Å²) >= 11 is 0. The average Bonchev–Trinajstić information content (AvgIpc) is 3.55. The number of nitrogens with one attached hydrogen (secondary N) is 3. The second-order valence-electron chi connectivity index (χ2n) is 14.4. The third-order valence-electron chi connectivity index (χ3n) is 10.5. The molecule has 1 saturated heterocycles. The number of nitrogens with zero attached hydrogens (tertiary/aromatic N) is 4. The molecule has 5 heterocycles. The van der Waals surface area contributed by atoms with E-state index < -0.39 is 29.4 Å². The van der Waals surface area contributed by atoms with Crippen LogP contribution in [-0.2, 0) is 11.3 Å². The number of aryl methyl sites for hydroxylation is 1. The minimum Gasteiger partial charge on any atom is -0.348 e. The molecule has 2 aliphatic heterocycles. The van der Waals surface area contributed by atoms with Gasteiger partial charge in [0.15, 0.2) is 5.82 Å². The summed E-state index contributed by atoms with van der Waals surface area (Å²) in [6, 6.07) is 8.25. The van der Waals surface area contributed by atoms with E-state index in [1.807, 2.05) is 32.9 Å².